The Morgan fingerprint density at radius 2 is 2.14 bits per heavy atom. The van der Waals surface area contributed by atoms with E-state index in [0.29, 0.717) is 0 Å². The summed E-state index contributed by atoms with van der Waals surface area (Å²) in [4.78, 5) is 10.5. The van der Waals surface area contributed by atoms with Crippen molar-refractivity contribution in [2.75, 3.05) is 26.4 Å². The Bertz CT molecular complexity index is 669. The highest BCUT2D eigenvalue weighted by molar-refractivity contribution is 9.10. The fourth-order valence-corrected chi connectivity index (χ4v) is 3.29. The minimum absolute atomic E-state index is 0.0211. The quantitative estimate of drug-likeness (QED) is 0.578. The molecule has 0 aliphatic carbocycles. The summed E-state index contributed by atoms with van der Waals surface area (Å²) in [5, 5.41) is 2.35. The minimum atomic E-state index is -4.14. The molecule has 0 heterocycles. The predicted octanol–water partition coefficient (Wildman–Crippen LogP) is 1.58. The molecule has 0 atom stereocenters. The van der Waals surface area contributed by atoms with Gasteiger partial charge in [-0.15, -0.1) is 0 Å². The molecule has 1 aromatic carbocycles. The van der Waals surface area contributed by atoms with E-state index in [0.717, 1.165) is 10.4 Å². The molecular weight excluding hydrogens is 389 g/mol. The molecule has 0 unspecified atom stereocenters. The number of nitrogens with one attached hydrogen (secondary N) is 1. The van der Waals surface area contributed by atoms with E-state index in [-0.39, 0.29) is 34.1 Å². The van der Waals surface area contributed by atoms with Gasteiger partial charge in [0.05, 0.1) is 15.2 Å². The van der Waals surface area contributed by atoms with Crippen LogP contribution in [0.15, 0.2) is 15.4 Å². The summed E-state index contributed by atoms with van der Waals surface area (Å²) in [7, 11) is -1.47. The molecule has 0 saturated carbocycles. The van der Waals surface area contributed by atoms with Crippen molar-refractivity contribution >= 4 is 49.1 Å². The summed E-state index contributed by atoms with van der Waals surface area (Å²) in [5.41, 5.74) is 5.08. The van der Waals surface area contributed by atoms with Crippen molar-refractivity contribution in [2.24, 2.45) is 0 Å². The van der Waals surface area contributed by atoms with Gasteiger partial charge >= 0.3 is 0 Å². The maximum absolute atomic E-state index is 14.1. The molecule has 0 spiro atoms. The van der Waals surface area contributed by atoms with Crippen LogP contribution in [0.2, 0.25) is 5.02 Å². The lowest BCUT2D eigenvalue weighted by Crippen LogP contribution is -2.32. The van der Waals surface area contributed by atoms with Crippen LogP contribution in [-0.4, -0.2) is 39.3 Å². The number of halogens is 3. The zero-order chi connectivity index (χ0) is 16.4. The normalized spacial score (nSPS) is 11.7. The van der Waals surface area contributed by atoms with Crippen molar-refractivity contribution in [1.82, 2.24) is 9.62 Å². The van der Waals surface area contributed by atoms with Gasteiger partial charge in [0.15, 0.2) is 5.82 Å². The molecule has 118 valence electrons. The minimum Gasteiger partial charge on any atom is -0.395 e. The first-order valence-electron chi connectivity index (χ1n) is 5.72. The molecule has 0 fully saturated rings. The average molecular weight is 403 g/mol. The number of sulfonamides is 1. The molecule has 1 aromatic rings. The van der Waals surface area contributed by atoms with Crippen LogP contribution < -0.4 is 11.1 Å². The lowest BCUT2D eigenvalue weighted by molar-refractivity contribution is -0.120. The zero-order valence-corrected chi connectivity index (χ0v) is 14.4. The van der Waals surface area contributed by atoms with Crippen molar-refractivity contribution in [3.8, 4) is 0 Å². The van der Waals surface area contributed by atoms with Crippen LogP contribution in [0.4, 0.5) is 10.1 Å². The topological polar surface area (TPSA) is 92.5 Å². The van der Waals surface area contributed by atoms with E-state index in [4.69, 9.17) is 17.3 Å². The van der Waals surface area contributed by atoms with Gasteiger partial charge in [0, 0.05) is 27.1 Å². The van der Waals surface area contributed by atoms with E-state index in [9.17, 15) is 17.6 Å². The van der Waals surface area contributed by atoms with Crippen molar-refractivity contribution in [2.45, 2.75) is 11.3 Å². The number of hydrogen-bond acceptors (Lipinski definition) is 4. The Hall–Kier alpha value is -0.900. The van der Waals surface area contributed by atoms with E-state index >= 15 is 0 Å². The first-order valence-corrected chi connectivity index (χ1v) is 8.34. The lowest BCUT2D eigenvalue weighted by Gasteiger charge is -2.18. The maximum atomic E-state index is 14.1. The Kier molecular flexibility index (Phi) is 5.97. The third kappa shape index (κ3) is 3.85. The summed E-state index contributed by atoms with van der Waals surface area (Å²) >= 11 is 8.78. The monoisotopic (exact) mass is 401 g/mol. The number of amides is 1. The van der Waals surface area contributed by atoms with Gasteiger partial charge in [0.25, 0.3) is 0 Å². The molecule has 21 heavy (non-hydrogen) atoms. The SMILES string of the molecule is CNC(=O)CCN(C)S(=O)(=O)c1cc(Cl)c(Br)c(N)c1F. The van der Waals surface area contributed by atoms with E-state index in [1.807, 2.05) is 0 Å². The second-order valence-electron chi connectivity index (χ2n) is 4.15. The molecule has 0 saturated heterocycles. The predicted molar refractivity (Wildman–Crippen MR) is 82.0 cm³/mol. The molecule has 0 aliphatic rings. The summed E-state index contributed by atoms with van der Waals surface area (Å²) in [6.07, 6.45) is -0.0480. The number of nitrogens with two attached hydrogens (primary N) is 1. The molecule has 1 rings (SSSR count). The van der Waals surface area contributed by atoms with Crippen LogP contribution >= 0.6 is 27.5 Å². The van der Waals surface area contributed by atoms with Gasteiger partial charge in [0.1, 0.15) is 4.90 Å². The average Bonchev–Trinajstić information content (AvgIpc) is 2.45. The fraction of sp³-hybridized carbons (Fsp3) is 0.364. The number of benzene rings is 1. The van der Waals surface area contributed by atoms with Crippen LogP contribution in [0.1, 0.15) is 6.42 Å². The standard InChI is InChI=1S/C11H14BrClFN3O3S/c1-16-8(18)3-4-17(2)21(19,20)7-5-6(13)9(12)11(15)10(7)14/h5H,3-4,15H2,1-2H3,(H,16,18). The summed E-state index contributed by atoms with van der Waals surface area (Å²) < 4.78 is 39.6. The number of nitrogen functional groups attached to an aromatic ring is 1. The second-order valence-corrected chi connectivity index (χ2v) is 7.36. The number of carbonyl (C=O) groups is 1. The van der Waals surface area contributed by atoms with Gasteiger partial charge in [-0.05, 0) is 22.0 Å². The highest BCUT2D eigenvalue weighted by Gasteiger charge is 2.28. The highest BCUT2D eigenvalue weighted by Crippen LogP contribution is 2.35. The number of carbonyl (C=O) groups excluding carboxylic acids is 1. The molecule has 1 amide bonds. The lowest BCUT2D eigenvalue weighted by atomic mass is 10.3. The van der Waals surface area contributed by atoms with E-state index < -0.39 is 20.7 Å². The molecule has 0 bridgehead atoms. The molecular formula is C11H14BrClFN3O3S. The Morgan fingerprint density at radius 3 is 2.67 bits per heavy atom. The summed E-state index contributed by atoms with van der Waals surface area (Å²) in [6, 6.07) is 0.975. The molecule has 3 N–H and O–H groups in total. The van der Waals surface area contributed by atoms with Crippen molar-refractivity contribution in [3.63, 3.8) is 0 Å². The number of rotatable bonds is 5. The number of nitrogens with zero attached hydrogens (tertiary/aromatic N) is 1. The van der Waals surface area contributed by atoms with E-state index in [1.54, 1.807) is 0 Å². The number of hydrogen-bond donors (Lipinski definition) is 2. The Balaban J connectivity index is 3.17. The Labute approximate surface area is 135 Å². The molecule has 0 radical (unpaired) electrons. The van der Waals surface area contributed by atoms with Gasteiger partial charge in [-0.1, -0.05) is 11.6 Å². The first kappa shape index (κ1) is 18.1. The third-order valence-corrected chi connectivity index (χ3v) is 6.01. The smallest absolute Gasteiger partial charge is 0.245 e. The van der Waals surface area contributed by atoms with Crippen LogP contribution in [0.5, 0.6) is 0 Å². The van der Waals surface area contributed by atoms with Gasteiger partial charge in [-0.2, -0.15) is 0 Å². The van der Waals surface area contributed by atoms with Crippen LogP contribution in [0.25, 0.3) is 0 Å². The van der Waals surface area contributed by atoms with Crippen molar-refractivity contribution in [3.05, 3.63) is 21.4 Å². The van der Waals surface area contributed by atoms with E-state index in [2.05, 4.69) is 21.2 Å². The second kappa shape index (κ2) is 6.91. The first-order chi connectivity index (χ1) is 9.62. The largest absolute Gasteiger partial charge is 0.395 e. The molecule has 0 aromatic heterocycles. The highest BCUT2D eigenvalue weighted by atomic mass is 79.9. The van der Waals surface area contributed by atoms with Gasteiger partial charge in [-0.3, -0.25) is 4.79 Å². The summed E-state index contributed by atoms with van der Waals surface area (Å²) in [6.45, 7) is -0.102. The van der Waals surface area contributed by atoms with Crippen LogP contribution in [0, 0.1) is 5.82 Å². The molecule has 6 nitrogen and oxygen atoms in total. The van der Waals surface area contributed by atoms with Gasteiger partial charge < -0.3 is 11.1 Å². The number of anilines is 1. The van der Waals surface area contributed by atoms with Crippen LogP contribution in [-0.2, 0) is 14.8 Å². The third-order valence-electron chi connectivity index (χ3n) is 2.78. The molecule has 10 heteroatoms. The van der Waals surface area contributed by atoms with E-state index in [1.165, 1.54) is 14.1 Å². The van der Waals surface area contributed by atoms with Crippen molar-refractivity contribution in [1.29, 1.82) is 0 Å². The van der Waals surface area contributed by atoms with Gasteiger partial charge in [-0.25, -0.2) is 17.1 Å². The van der Waals surface area contributed by atoms with Crippen LogP contribution in [0.3, 0.4) is 0 Å². The zero-order valence-electron chi connectivity index (χ0n) is 11.3. The maximum Gasteiger partial charge on any atom is 0.245 e. The van der Waals surface area contributed by atoms with Gasteiger partial charge in [0.2, 0.25) is 15.9 Å². The summed E-state index contributed by atoms with van der Waals surface area (Å²) in [5.74, 6) is -1.41. The fourth-order valence-electron chi connectivity index (χ4n) is 1.46. The molecule has 0 aliphatic heterocycles. The van der Waals surface area contributed by atoms with Crippen molar-refractivity contribution < 1.29 is 17.6 Å². The Morgan fingerprint density at radius 1 is 1.57 bits per heavy atom.